The fourth-order valence-corrected chi connectivity index (χ4v) is 5.82. The van der Waals surface area contributed by atoms with Crippen LogP contribution in [-0.4, -0.2) is 74.0 Å². The molecule has 0 saturated heterocycles. The monoisotopic (exact) mass is 504 g/mol. The number of aryl methyl sites for hydroxylation is 2. The van der Waals surface area contributed by atoms with Gasteiger partial charge in [-0.1, -0.05) is 47.2 Å². The first kappa shape index (κ1) is 27.5. The lowest BCUT2D eigenvalue weighted by molar-refractivity contribution is 0.00301. The number of nitrogens with zero attached hydrogens (tertiary/aromatic N) is 2. The molecule has 0 aromatic heterocycles. The molecule has 0 fully saturated rings. The van der Waals surface area contributed by atoms with Gasteiger partial charge in [0.25, 0.3) is 0 Å². The second-order valence-electron chi connectivity index (χ2n) is 7.76. The third-order valence-electron chi connectivity index (χ3n) is 5.08. The average Bonchev–Trinajstić information content (AvgIpc) is 2.78. The molecule has 0 heterocycles. The van der Waals surface area contributed by atoms with Crippen molar-refractivity contribution >= 4 is 20.0 Å². The van der Waals surface area contributed by atoms with Gasteiger partial charge in [0, 0.05) is 13.1 Å². The first-order valence-corrected chi connectivity index (χ1v) is 13.2. The Morgan fingerprint density at radius 3 is 1.26 bits per heavy atom. The Morgan fingerprint density at radius 2 is 1.00 bits per heavy atom. The normalized spacial score (nSPS) is 13.9. The van der Waals surface area contributed by atoms with Crippen molar-refractivity contribution in [2.75, 3.05) is 26.2 Å². The Kier molecular flexibility index (Phi) is 9.42. The molecule has 0 unspecified atom stereocenters. The van der Waals surface area contributed by atoms with E-state index in [2.05, 4.69) is 11.8 Å². The SMILES string of the molecule is C#CCN(C[C@H](O)[C@@H](O)CN(CC#C)S(=O)(=O)c1ccc(C)cc1)S(=O)(=O)c1ccc(C)cc1. The highest BCUT2D eigenvalue weighted by molar-refractivity contribution is 7.89. The molecule has 0 aliphatic heterocycles. The molecule has 0 saturated carbocycles. The quantitative estimate of drug-likeness (QED) is 0.441. The molecule has 0 aliphatic rings. The Morgan fingerprint density at radius 1 is 0.706 bits per heavy atom. The minimum atomic E-state index is -4.07. The van der Waals surface area contributed by atoms with Crippen LogP contribution in [0.1, 0.15) is 11.1 Å². The van der Waals surface area contributed by atoms with E-state index in [0.717, 1.165) is 19.7 Å². The fourth-order valence-electron chi connectivity index (χ4n) is 3.08. The summed E-state index contributed by atoms with van der Waals surface area (Å²) in [5, 5.41) is 21.1. The molecule has 0 spiro atoms. The van der Waals surface area contributed by atoms with Gasteiger partial charge in [-0.25, -0.2) is 16.8 Å². The van der Waals surface area contributed by atoms with E-state index in [0.29, 0.717) is 0 Å². The van der Waals surface area contributed by atoms with Gasteiger partial charge in [0.15, 0.2) is 0 Å². The summed E-state index contributed by atoms with van der Waals surface area (Å²) in [6, 6.07) is 12.2. The van der Waals surface area contributed by atoms with Crippen LogP contribution in [0.3, 0.4) is 0 Å². The average molecular weight is 505 g/mol. The zero-order chi connectivity index (χ0) is 25.5. The molecule has 0 aliphatic carbocycles. The van der Waals surface area contributed by atoms with Crippen LogP contribution in [0.25, 0.3) is 0 Å². The Bertz CT molecular complexity index is 1160. The van der Waals surface area contributed by atoms with Gasteiger partial charge in [0.2, 0.25) is 20.0 Å². The number of terminal acetylenes is 2. The van der Waals surface area contributed by atoms with Gasteiger partial charge in [0.05, 0.1) is 35.1 Å². The van der Waals surface area contributed by atoms with Crippen molar-refractivity contribution in [3.8, 4) is 24.7 Å². The molecule has 34 heavy (non-hydrogen) atoms. The van der Waals surface area contributed by atoms with Crippen molar-refractivity contribution in [3.05, 3.63) is 59.7 Å². The van der Waals surface area contributed by atoms with E-state index in [1.165, 1.54) is 24.3 Å². The highest BCUT2D eigenvalue weighted by Crippen LogP contribution is 2.19. The summed E-state index contributed by atoms with van der Waals surface area (Å²) in [5.41, 5.74) is 1.72. The summed E-state index contributed by atoms with van der Waals surface area (Å²) >= 11 is 0. The molecule has 8 nitrogen and oxygen atoms in total. The lowest BCUT2D eigenvalue weighted by atomic mass is 10.2. The van der Waals surface area contributed by atoms with E-state index in [1.807, 2.05) is 13.8 Å². The number of aliphatic hydroxyl groups is 2. The summed E-state index contributed by atoms with van der Waals surface area (Å²) in [6.07, 6.45) is 7.37. The van der Waals surface area contributed by atoms with E-state index >= 15 is 0 Å². The third kappa shape index (κ3) is 6.67. The molecule has 0 bridgehead atoms. The maximum Gasteiger partial charge on any atom is 0.244 e. The molecule has 182 valence electrons. The smallest absolute Gasteiger partial charge is 0.244 e. The first-order chi connectivity index (χ1) is 15.9. The first-order valence-electron chi connectivity index (χ1n) is 10.3. The van der Waals surface area contributed by atoms with E-state index in [-0.39, 0.29) is 22.9 Å². The lowest BCUT2D eigenvalue weighted by Gasteiger charge is -2.28. The third-order valence-corrected chi connectivity index (χ3v) is 8.73. The van der Waals surface area contributed by atoms with Gasteiger partial charge in [-0.2, -0.15) is 8.61 Å². The van der Waals surface area contributed by atoms with E-state index in [9.17, 15) is 27.0 Å². The van der Waals surface area contributed by atoms with Crippen molar-refractivity contribution in [3.63, 3.8) is 0 Å². The van der Waals surface area contributed by atoms with Crippen molar-refractivity contribution < 1.29 is 27.0 Å². The van der Waals surface area contributed by atoms with Crippen molar-refractivity contribution in [1.82, 2.24) is 8.61 Å². The van der Waals surface area contributed by atoms with E-state index in [4.69, 9.17) is 12.8 Å². The van der Waals surface area contributed by atoms with Crippen LogP contribution in [0, 0.1) is 38.5 Å². The molecular weight excluding hydrogens is 476 g/mol. The van der Waals surface area contributed by atoms with Crippen molar-refractivity contribution in [2.45, 2.75) is 35.8 Å². The molecule has 2 rings (SSSR count). The van der Waals surface area contributed by atoms with Crippen LogP contribution < -0.4 is 0 Å². The van der Waals surface area contributed by atoms with Gasteiger partial charge in [0.1, 0.15) is 0 Å². The standard InChI is InChI=1S/C24H28N2O6S2/c1-5-15-25(33(29,30)21-11-7-19(3)8-12-21)17-23(27)24(28)18-26(16-6-2)34(31,32)22-13-9-20(4)10-14-22/h1-2,7-14,23-24,27-28H,15-18H2,3-4H3/t23-,24-/m0/s1. The molecule has 10 heteroatoms. The number of rotatable bonds is 11. The molecule has 0 radical (unpaired) electrons. The minimum Gasteiger partial charge on any atom is -0.389 e. The van der Waals surface area contributed by atoms with Gasteiger partial charge in [-0.3, -0.25) is 0 Å². The Balaban J connectivity index is 2.23. The highest BCUT2D eigenvalue weighted by atomic mass is 32.2. The van der Waals surface area contributed by atoms with Gasteiger partial charge >= 0.3 is 0 Å². The molecule has 2 atom stereocenters. The van der Waals surface area contributed by atoms with Crippen LogP contribution in [0.4, 0.5) is 0 Å². The molecule has 2 aromatic carbocycles. The predicted octanol–water partition coefficient (Wildman–Crippen LogP) is 0.973. The topological polar surface area (TPSA) is 115 Å². The Labute approximate surface area is 201 Å². The zero-order valence-corrected chi connectivity index (χ0v) is 20.6. The second kappa shape index (κ2) is 11.6. The number of hydrogen-bond acceptors (Lipinski definition) is 6. The number of aliphatic hydroxyl groups excluding tert-OH is 2. The van der Waals surface area contributed by atoms with Gasteiger partial charge in [-0.05, 0) is 38.1 Å². The maximum atomic E-state index is 13.0. The summed E-state index contributed by atoms with van der Waals surface area (Å²) < 4.78 is 53.7. The predicted molar refractivity (Wildman–Crippen MR) is 130 cm³/mol. The van der Waals surface area contributed by atoms with Crippen LogP contribution in [-0.2, 0) is 20.0 Å². The summed E-state index contributed by atoms with van der Waals surface area (Å²) in [4.78, 5) is -0.0445. The number of sulfonamides is 2. The zero-order valence-electron chi connectivity index (χ0n) is 19.0. The van der Waals surface area contributed by atoms with Gasteiger partial charge in [-0.15, -0.1) is 12.8 Å². The van der Waals surface area contributed by atoms with E-state index < -0.39 is 45.3 Å². The largest absolute Gasteiger partial charge is 0.389 e. The van der Waals surface area contributed by atoms with Crippen LogP contribution in [0.5, 0.6) is 0 Å². The number of hydrogen-bond donors (Lipinski definition) is 2. The summed E-state index contributed by atoms with van der Waals surface area (Å²) in [5.74, 6) is 4.46. The van der Waals surface area contributed by atoms with Crippen LogP contribution >= 0.6 is 0 Å². The molecular formula is C24H28N2O6S2. The molecule has 2 N–H and O–H groups in total. The lowest BCUT2D eigenvalue weighted by Crippen LogP contribution is -2.47. The Hall–Kier alpha value is -2.70. The van der Waals surface area contributed by atoms with E-state index in [1.54, 1.807) is 24.3 Å². The van der Waals surface area contributed by atoms with Crippen molar-refractivity contribution in [1.29, 1.82) is 0 Å². The summed E-state index contributed by atoms with van der Waals surface area (Å²) in [6.45, 7) is 1.82. The highest BCUT2D eigenvalue weighted by Gasteiger charge is 2.32. The summed E-state index contributed by atoms with van der Waals surface area (Å²) in [7, 11) is -8.13. The van der Waals surface area contributed by atoms with Crippen LogP contribution in [0.2, 0.25) is 0 Å². The number of benzene rings is 2. The minimum absolute atomic E-state index is 0.0223. The van der Waals surface area contributed by atoms with Crippen LogP contribution in [0.15, 0.2) is 58.3 Å². The fraction of sp³-hybridized carbons (Fsp3) is 0.333. The molecule has 2 aromatic rings. The second-order valence-corrected chi connectivity index (χ2v) is 11.6. The molecule has 0 amide bonds. The van der Waals surface area contributed by atoms with Gasteiger partial charge < -0.3 is 10.2 Å². The maximum absolute atomic E-state index is 13.0. The van der Waals surface area contributed by atoms with Crippen molar-refractivity contribution in [2.24, 2.45) is 0 Å².